The highest BCUT2D eigenvalue weighted by atomic mass is 19.4. The third-order valence-electron chi connectivity index (χ3n) is 4.71. The zero-order chi connectivity index (χ0) is 22.8. The number of alkyl halides is 3. The van der Waals surface area contributed by atoms with E-state index in [-0.39, 0.29) is 41.5 Å². The number of pyridine rings is 1. The number of nitrogens with one attached hydrogen (secondary N) is 1. The normalized spacial score (nSPS) is 11.5. The Hall–Kier alpha value is -3.43. The van der Waals surface area contributed by atoms with Crippen LogP contribution in [-0.4, -0.2) is 46.5 Å². The van der Waals surface area contributed by atoms with Crippen LogP contribution in [0.2, 0.25) is 0 Å². The number of halogens is 3. The number of carbonyl (C=O) groups excluding carboxylic acids is 2. The standard InChI is InChI=1S/C21H21F3N4O3/c1-4-25-17(29)11-28(5-2)20(30)15-10-16(26-19-18(15)12(3)27-31-19)13-7-6-8-14(9-13)21(22,23)24/h6-10H,4-5,11H2,1-3H3,(H,25,29). The van der Waals surface area contributed by atoms with E-state index in [2.05, 4.69) is 15.5 Å². The summed E-state index contributed by atoms with van der Waals surface area (Å²) in [5.41, 5.74) is 0.0707. The van der Waals surface area contributed by atoms with E-state index >= 15 is 0 Å². The van der Waals surface area contributed by atoms with Crippen LogP contribution in [0.15, 0.2) is 34.9 Å². The molecule has 0 fully saturated rings. The molecule has 31 heavy (non-hydrogen) atoms. The largest absolute Gasteiger partial charge is 0.416 e. The number of rotatable bonds is 6. The number of likely N-dealkylation sites (N-methyl/N-ethyl adjacent to an activating group) is 2. The van der Waals surface area contributed by atoms with E-state index in [0.717, 1.165) is 12.1 Å². The highest BCUT2D eigenvalue weighted by Crippen LogP contribution is 2.33. The van der Waals surface area contributed by atoms with Gasteiger partial charge in [0, 0.05) is 18.7 Å². The van der Waals surface area contributed by atoms with Gasteiger partial charge in [0.25, 0.3) is 11.6 Å². The molecule has 0 radical (unpaired) electrons. The smallest absolute Gasteiger partial charge is 0.355 e. The number of carbonyl (C=O) groups is 2. The van der Waals surface area contributed by atoms with Crippen LogP contribution in [0.4, 0.5) is 13.2 Å². The molecule has 0 aliphatic carbocycles. The molecule has 0 bridgehead atoms. The van der Waals surface area contributed by atoms with E-state index in [0.29, 0.717) is 17.6 Å². The SMILES string of the molecule is CCNC(=O)CN(CC)C(=O)c1cc(-c2cccc(C(F)(F)F)c2)nc2onc(C)c12. The van der Waals surface area contributed by atoms with Gasteiger partial charge in [-0.05, 0) is 39.0 Å². The monoisotopic (exact) mass is 434 g/mol. The fourth-order valence-electron chi connectivity index (χ4n) is 3.19. The minimum absolute atomic E-state index is 0.0322. The van der Waals surface area contributed by atoms with Crippen LogP contribution in [0.25, 0.3) is 22.4 Å². The maximum absolute atomic E-state index is 13.3. The Morgan fingerprint density at radius 1 is 1.19 bits per heavy atom. The number of hydrogen-bond donors (Lipinski definition) is 1. The summed E-state index contributed by atoms with van der Waals surface area (Å²) < 4.78 is 44.6. The second kappa shape index (κ2) is 8.75. The third kappa shape index (κ3) is 4.68. The van der Waals surface area contributed by atoms with E-state index in [9.17, 15) is 22.8 Å². The van der Waals surface area contributed by atoms with Gasteiger partial charge >= 0.3 is 6.18 Å². The molecule has 2 aromatic heterocycles. The molecule has 0 unspecified atom stereocenters. The minimum atomic E-state index is -4.52. The van der Waals surface area contributed by atoms with Crippen LogP contribution in [0.1, 0.15) is 35.5 Å². The van der Waals surface area contributed by atoms with Gasteiger partial charge in [0.1, 0.15) is 0 Å². The minimum Gasteiger partial charge on any atom is -0.355 e. The van der Waals surface area contributed by atoms with Gasteiger partial charge in [-0.2, -0.15) is 13.2 Å². The van der Waals surface area contributed by atoms with E-state index in [1.54, 1.807) is 20.8 Å². The molecule has 0 aliphatic heterocycles. The van der Waals surface area contributed by atoms with Gasteiger partial charge in [0.2, 0.25) is 5.91 Å². The summed E-state index contributed by atoms with van der Waals surface area (Å²) in [7, 11) is 0. The van der Waals surface area contributed by atoms with E-state index in [1.165, 1.54) is 23.1 Å². The van der Waals surface area contributed by atoms with Crippen molar-refractivity contribution >= 4 is 22.9 Å². The number of fused-ring (bicyclic) bond motifs is 1. The van der Waals surface area contributed by atoms with Gasteiger partial charge in [-0.3, -0.25) is 9.59 Å². The van der Waals surface area contributed by atoms with Crippen LogP contribution in [0.5, 0.6) is 0 Å². The molecule has 1 N–H and O–H groups in total. The molecule has 2 amide bonds. The van der Waals surface area contributed by atoms with Gasteiger partial charge < -0.3 is 14.7 Å². The Labute approximate surface area is 176 Å². The average Bonchev–Trinajstić information content (AvgIpc) is 3.11. The lowest BCUT2D eigenvalue weighted by molar-refractivity contribution is -0.137. The Morgan fingerprint density at radius 2 is 1.94 bits per heavy atom. The zero-order valence-electron chi connectivity index (χ0n) is 17.2. The number of hydrogen-bond acceptors (Lipinski definition) is 5. The third-order valence-corrected chi connectivity index (χ3v) is 4.71. The summed E-state index contributed by atoms with van der Waals surface area (Å²) in [6.07, 6.45) is -4.52. The fourth-order valence-corrected chi connectivity index (χ4v) is 3.19. The van der Waals surface area contributed by atoms with Crippen molar-refractivity contribution in [3.05, 3.63) is 47.2 Å². The number of amides is 2. The summed E-state index contributed by atoms with van der Waals surface area (Å²) in [6.45, 7) is 5.65. The van der Waals surface area contributed by atoms with Gasteiger partial charge in [-0.1, -0.05) is 17.3 Å². The van der Waals surface area contributed by atoms with Gasteiger partial charge in [-0.15, -0.1) is 0 Å². The first-order valence-electron chi connectivity index (χ1n) is 9.66. The Bertz CT molecular complexity index is 1120. The molecule has 3 aromatic rings. The van der Waals surface area contributed by atoms with Crippen LogP contribution in [0, 0.1) is 6.92 Å². The second-order valence-electron chi connectivity index (χ2n) is 6.85. The van der Waals surface area contributed by atoms with Crippen molar-refractivity contribution < 1.29 is 27.3 Å². The first-order chi connectivity index (χ1) is 14.7. The summed E-state index contributed by atoms with van der Waals surface area (Å²) in [6, 6.07) is 6.05. The summed E-state index contributed by atoms with van der Waals surface area (Å²) in [4.78, 5) is 30.8. The van der Waals surface area contributed by atoms with E-state index < -0.39 is 17.6 Å². The molecule has 10 heteroatoms. The van der Waals surface area contributed by atoms with Crippen LogP contribution < -0.4 is 5.32 Å². The molecule has 0 spiro atoms. The Morgan fingerprint density at radius 3 is 2.58 bits per heavy atom. The van der Waals surface area contributed by atoms with Crippen molar-refractivity contribution in [1.82, 2.24) is 20.4 Å². The van der Waals surface area contributed by atoms with Crippen molar-refractivity contribution in [1.29, 1.82) is 0 Å². The molecule has 0 saturated heterocycles. The molecule has 0 saturated carbocycles. The number of nitrogens with zero attached hydrogens (tertiary/aromatic N) is 3. The Kier molecular flexibility index (Phi) is 6.28. The number of aromatic nitrogens is 2. The molecule has 0 atom stereocenters. The number of aryl methyl sites for hydroxylation is 1. The molecule has 2 heterocycles. The lowest BCUT2D eigenvalue weighted by Gasteiger charge is -2.21. The summed E-state index contributed by atoms with van der Waals surface area (Å²) in [5.74, 6) is -0.788. The zero-order valence-corrected chi connectivity index (χ0v) is 17.2. The van der Waals surface area contributed by atoms with Crippen LogP contribution >= 0.6 is 0 Å². The fraction of sp³-hybridized carbons (Fsp3) is 0.333. The van der Waals surface area contributed by atoms with Gasteiger partial charge in [-0.25, -0.2) is 4.98 Å². The van der Waals surface area contributed by atoms with Crippen LogP contribution in [0.3, 0.4) is 0 Å². The van der Waals surface area contributed by atoms with E-state index in [4.69, 9.17) is 4.52 Å². The molecular formula is C21H21F3N4O3. The molecular weight excluding hydrogens is 413 g/mol. The molecule has 1 aromatic carbocycles. The quantitative estimate of drug-likeness (QED) is 0.637. The van der Waals surface area contributed by atoms with Crippen molar-refractivity contribution in [3.8, 4) is 11.3 Å². The summed E-state index contributed by atoms with van der Waals surface area (Å²) >= 11 is 0. The highest BCUT2D eigenvalue weighted by Gasteiger charge is 2.31. The first kappa shape index (κ1) is 22.3. The van der Waals surface area contributed by atoms with Crippen molar-refractivity contribution in [3.63, 3.8) is 0 Å². The molecule has 0 aliphatic rings. The first-order valence-corrected chi connectivity index (χ1v) is 9.66. The molecule has 3 rings (SSSR count). The topological polar surface area (TPSA) is 88.3 Å². The van der Waals surface area contributed by atoms with Crippen molar-refractivity contribution in [2.24, 2.45) is 0 Å². The Balaban J connectivity index is 2.10. The predicted molar refractivity (Wildman–Crippen MR) is 107 cm³/mol. The van der Waals surface area contributed by atoms with Crippen molar-refractivity contribution in [2.75, 3.05) is 19.6 Å². The van der Waals surface area contributed by atoms with E-state index in [1.807, 2.05) is 0 Å². The summed E-state index contributed by atoms with van der Waals surface area (Å²) in [5, 5.41) is 6.83. The maximum Gasteiger partial charge on any atom is 0.416 e. The van der Waals surface area contributed by atoms with Gasteiger partial charge in [0.05, 0.1) is 34.4 Å². The van der Waals surface area contributed by atoms with Crippen LogP contribution in [-0.2, 0) is 11.0 Å². The highest BCUT2D eigenvalue weighted by molar-refractivity contribution is 6.07. The lowest BCUT2D eigenvalue weighted by Crippen LogP contribution is -2.40. The number of benzene rings is 1. The lowest BCUT2D eigenvalue weighted by atomic mass is 10.0. The molecule has 7 nitrogen and oxygen atoms in total. The van der Waals surface area contributed by atoms with Gasteiger partial charge in [0.15, 0.2) is 0 Å². The average molecular weight is 434 g/mol. The van der Waals surface area contributed by atoms with Crippen molar-refractivity contribution in [2.45, 2.75) is 26.9 Å². The second-order valence-corrected chi connectivity index (χ2v) is 6.85. The predicted octanol–water partition coefficient (Wildman–Crippen LogP) is 3.82. The molecule has 164 valence electrons. The maximum atomic E-state index is 13.3.